The fourth-order valence-electron chi connectivity index (χ4n) is 3.07. The molecule has 2 aromatic heterocycles. The van der Waals surface area contributed by atoms with Crippen molar-refractivity contribution in [2.45, 2.75) is 31.8 Å². The Bertz CT molecular complexity index is 591. The molecule has 24 heavy (non-hydrogen) atoms. The molecule has 1 aliphatic rings. The number of carbonyl (C=O) groups is 1. The molecule has 1 atom stereocenters. The molecule has 0 aromatic carbocycles. The SMILES string of the molecule is O=C(NCCCn1cccn1)NC[C@H](c1ccco1)N1CCCC1. The minimum absolute atomic E-state index is 0.109. The van der Waals surface area contributed by atoms with Crippen LogP contribution in [0.15, 0.2) is 41.3 Å². The average molecular weight is 331 g/mol. The molecule has 2 amide bonds. The summed E-state index contributed by atoms with van der Waals surface area (Å²) >= 11 is 0. The van der Waals surface area contributed by atoms with Crippen molar-refractivity contribution in [2.75, 3.05) is 26.2 Å². The summed E-state index contributed by atoms with van der Waals surface area (Å²) in [5.74, 6) is 0.913. The lowest BCUT2D eigenvalue weighted by atomic mass is 10.2. The first-order chi connectivity index (χ1) is 11.8. The maximum absolute atomic E-state index is 12.0. The third-order valence-electron chi connectivity index (χ3n) is 4.32. The zero-order chi connectivity index (χ0) is 16.6. The van der Waals surface area contributed by atoms with Gasteiger partial charge in [0.15, 0.2) is 0 Å². The lowest BCUT2D eigenvalue weighted by Gasteiger charge is -2.26. The molecule has 0 unspecified atom stereocenters. The number of aryl methyl sites for hydroxylation is 1. The Balaban J connectivity index is 1.39. The number of aromatic nitrogens is 2. The van der Waals surface area contributed by atoms with Gasteiger partial charge in [0, 0.05) is 32.0 Å². The van der Waals surface area contributed by atoms with Crippen LogP contribution in [0.5, 0.6) is 0 Å². The summed E-state index contributed by atoms with van der Waals surface area (Å²) in [5, 5.41) is 10.0. The van der Waals surface area contributed by atoms with Crippen molar-refractivity contribution in [3.63, 3.8) is 0 Å². The fourth-order valence-corrected chi connectivity index (χ4v) is 3.07. The Morgan fingerprint density at radius 2 is 2.17 bits per heavy atom. The van der Waals surface area contributed by atoms with Crippen LogP contribution in [-0.4, -0.2) is 46.9 Å². The smallest absolute Gasteiger partial charge is 0.314 e. The lowest BCUT2D eigenvalue weighted by Crippen LogP contribution is -2.41. The first-order valence-corrected chi connectivity index (χ1v) is 8.59. The van der Waals surface area contributed by atoms with E-state index in [4.69, 9.17) is 4.42 Å². The molecule has 130 valence electrons. The van der Waals surface area contributed by atoms with Crippen LogP contribution >= 0.6 is 0 Å². The van der Waals surface area contributed by atoms with Crippen LogP contribution in [-0.2, 0) is 6.54 Å². The molecule has 2 N–H and O–H groups in total. The zero-order valence-corrected chi connectivity index (χ0v) is 13.9. The van der Waals surface area contributed by atoms with Crippen LogP contribution in [0, 0.1) is 0 Å². The number of rotatable bonds is 8. The minimum Gasteiger partial charge on any atom is -0.468 e. The van der Waals surface area contributed by atoms with Crippen LogP contribution in [0.25, 0.3) is 0 Å². The normalized spacial score (nSPS) is 16.2. The molecule has 0 spiro atoms. The number of nitrogens with zero attached hydrogens (tertiary/aromatic N) is 3. The van der Waals surface area contributed by atoms with Crippen molar-refractivity contribution in [2.24, 2.45) is 0 Å². The molecule has 0 bridgehead atoms. The van der Waals surface area contributed by atoms with Crippen LogP contribution in [0.2, 0.25) is 0 Å². The third-order valence-corrected chi connectivity index (χ3v) is 4.32. The maximum Gasteiger partial charge on any atom is 0.314 e. The largest absolute Gasteiger partial charge is 0.468 e. The predicted octanol–water partition coefficient (Wildman–Crippen LogP) is 2.00. The Morgan fingerprint density at radius 1 is 1.29 bits per heavy atom. The van der Waals surface area contributed by atoms with Gasteiger partial charge in [0.05, 0.1) is 12.3 Å². The first kappa shape index (κ1) is 16.6. The molecule has 3 heterocycles. The summed E-state index contributed by atoms with van der Waals surface area (Å²) in [6, 6.07) is 5.75. The summed E-state index contributed by atoms with van der Waals surface area (Å²) in [5.41, 5.74) is 0. The molecular formula is C17H25N5O2. The van der Waals surface area contributed by atoms with Crippen LogP contribution in [0.3, 0.4) is 0 Å². The van der Waals surface area contributed by atoms with E-state index in [1.54, 1.807) is 12.5 Å². The molecule has 1 saturated heterocycles. The number of furan rings is 1. The van der Waals surface area contributed by atoms with Crippen molar-refractivity contribution in [1.29, 1.82) is 0 Å². The van der Waals surface area contributed by atoms with Gasteiger partial charge in [0.1, 0.15) is 5.76 Å². The Morgan fingerprint density at radius 3 is 2.88 bits per heavy atom. The molecule has 2 aromatic rings. The number of nitrogens with one attached hydrogen (secondary N) is 2. The van der Waals surface area contributed by atoms with E-state index >= 15 is 0 Å². The van der Waals surface area contributed by atoms with Gasteiger partial charge in [-0.15, -0.1) is 0 Å². The Hall–Kier alpha value is -2.28. The molecule has 0 aliphatic carbocycles. The first-order valence-electron chi connectivity index (χ1n) is 8.59. The highest BCUT2D eigenvalue weighted by Crippen LogP contribution is 2.24. The monoisotopic (exact) mass is 331 g/mol. The topological polar surface area (TPSA) is 75.3 Å². The second-order valence-electron chi connectivity index (χ2n) is 6.03. The van der Waals surface area contributed by atoms with Gasteiger partial charge in [-0.1, -0.05) is 0 Å². The standard InChI is InChI=1S/C17H25N5O2/c23-17(18-7-4-11-22-12-5-8-20-22)19-14-15(16-6-3-13-24-16)21-9-1-2-10-21/h3,5-6,8,12-13,15H,1-2,4,7,9-11,14H2,(H2,18,19,23)/t15-/m1/s1. The van der Waals surface area contributed by atoms with Gasteiger partial charge in [-0.25, -0.2) is 4.79 Å². The summed E-state index contributed by atoms with van der Waals surface area (Å²) in [7, 11) is 0. The van der Waals surface area contributed by atoms with E-state index in [-0.39, 0.29) is 12.1 Å². The molecule has 1 fully saturated rings. The number of hydrogen-bond donors (Lipinski definition) is 2. The van der Waals surface area contributed by atoms with Gasteiger partial charge < -0.3 is 15.1 Å². The third kappa shape index (κ3) is 4.61. The summed E-state index contributed by atoms with van der Waals surface area (Å²) in [4.78, 5) is 14.4. The Kier molecular flexibility index (Phi) is 5.90. The van der Waals surface area contributed by atoms with E-state index in [9.17, 15) is 4.79 Å². The van der Waals surface area contributed by atoms with Gasteiger partial charge in [-0.05, 0) is 50.6 Å². The van der Waals surface area contributed by atoms with Gasteiger partial charge in [-0.2, -0.15) is 5.10 Å². The van der Waals surface area contributed by atoms with E-state index < -0.39 is 0 Å². The van der Waals surface area contributed by atoms with Gasteiger partial charge in [0.25, 0.3) is 0 Å². The van der Waals surface area contributed by atoms with Crippen LogP contribution in [0.4, 0.5) is 4.79 Å². The Labute approximate surface area is 142 Å². The van der Waals surface area contributed by atoms with Crippen molar-refractivity contribution >= 4 is 6.03 Å². The number of urea groups is 1. The number of likely N-dealkylation sites (tertiary alicyclic amines) is 1. The fraction of sp³-hybridized carbons (Fsp3) is 0.529. The van der Waals surface area contributed by atoms with Gasteiger partial charge >= 0.3 is 6.03 Å². The number of amides is 2. The predicted molar refractivity (Wildman–Crippen MR) is 90.5 cm³/mol. The molecular weight excluding hydrogens is 306 g/mol. The highest BCUT2D eigenvalue weighted by atomic mass is 16.3. The second kappa shape index (κ2) is 8.54. The van der Waals surface area contributed by atoms with E-state index in [2.05, 4.69) is 20.6 Å². The summed E-state index contributed by atoms with van der Waals surface area (Å²) in [6.45, 7) is 4.09. The molecule has 3 rings (SSSR count). The minimum atomic E-state index is -0.133. The van der Waals surface area contributed by atoms with Crippen LogP contribution in [0.1, 0.15) is 31.1 Å². The van der Waals surface area contributed by atoms with Crippen molar-refractivity contribution in [3.8, 4) is 0 Å². The number of hydrogen-bond acceptors (Lipinski definition) is 4. The van der Waals surface area contributed by atoms with E-state index in [0.717, 1.165) is 31.8 Å². The summed E-state index contributed by atoms with van der Waals surface area (Å²) < 4.78 is 7.42. The van der Waals surface area contributed by atoms with E-state index in [1.165, 1.54) is 12.8 Å². The van der Waals surface area contributed by atoms with Crippen molar-refractivity contribution in [1.82, 2.24) is 25.3 Å². The lowest BCUT2D eigenvalue weighted by molar-refractivity contribution is 0.203. The molecule has 7 heteroatoms. The highest BCUT2D eigenvalue weighted by molar-refractivity contribution is 5.73. The summed E-state index contributed by atoms with van der Waals surface area (Å²) in [6.07, 6.45) is 8.63. The molecule has 0 saturated carbocycles. The molecule has 0 radical (unpaired) electrons. The second-order valence-corrected chi connectivity index (χ2v) is 6.03. The quantitative estimate of drug-likeness (QED) is 0.726. The van der Waals surface area contributed by atoms with Crippen molar-refractivity contribution in [3.05, 3.63) is 42.6 Å². The zero-order valence-electron chi connectivity index (χ0n) is 13.9. The maximum atomic E-state index is 12.0. The molecule has 1 aliphatic heterocycles. The van der Waals surface area contributed by atoms with E-state index in [0.29, 0.717) is 13.1 Å². The highest BCUT2D eigenvalue weighted by Gasteiger charge is 2.25. The van der Waals surface area contributed by atoms with E-state index in [1.807, 2.05) is 29.1 Å². The van der Waals surface area contributed by atoms with Crippen LogP contribution < -0.4 is 10.6 Å². The average Bonchev–Trinajstić information content (AvgIpc) is 3.34. The van der Waals surface area contributed by atoms with Gasteiger partial charge in [-0.3, -0.25) is 9.58 Å². The van der Waals surface area contributed by atoms with Gasteiger partial charge in [0.2, 0.25) is 0 Å². The number of carbonyl (C=O) groups excluding carboxylic acids is 1. The molecule has 7 nitrogen and oxygen atoms in total. The van der Waals surface area contributed by atoms with Crippen molar-refractivity contribution < 1.29 is 9.21 Å².